The molecule has 1 saturated heterocycles. The first-order chi connectivity index (χ1) is 8.42. The SMILES string of the molecule is CC1(C)CCCN(Cc2nnsc2Cl)C1C(=O)O. The van der Waals surface area contributed by atoms with Crippen LogP contribution >= 0.6 is 23.1 Å². The van der Waals surface area contributed by atoms with Crippen LogP contribution in [0.1, 0.15) is 32.4 Å². The number of nitrogens with zero attached hydrogens (tertiary/aromatic N) is 3. The summed E-state index contributed by atoms with van der Waals surface area (Å²) in [7, 11) is 0. The number of halogens is 1. The molecule has 2 rings (SSSR count). The van der Waals surface area contributed by atoms with E-state index in [1.807, 2.05) is 18.7 Å². The summed E-state index contributed by atoms with van der Waals surface area (Å²) < 4.78 is 4.32. The topological polar surface area (TPSA) is 66.3 Å². The third-order valence-electron chi connectivity index (χ3n) is 3.47. The van der Waals surface area contributed by atoms with Gasteiger partial charge in [-0.1, -0.05) is 29.9 Å². The standard InChI is InChI=1S/C11H16ClN3O2S/c1-11(2)4-3-5-15(8(11)10(16)17)6-7-9(12)18-14-13-7/h8H,3-6H2,1-2H3,(H,16,17). The fourth-order valence-corrected chi connectivity index (χ4v) is 3.25. The minimum atomic E-state index is -0.779. The van der Waals surface area contributed by atoms with Crippen LogP contribution in [0.25, 0.3) is 0 Å². The summed E-state index contributed by atoms with van der Waals surface area (Å²) in [5, 5.41) is 13.4. The van der Waals surface area contributed by atoms with E-state index in [1.54, 1.807) is 0 Å². The molecular formula is C11H16ClN3O2S. The maximum Gasteiger partial charge on any atom is 0.321 e. The van der Waals surface area contributed by atoms with Crippen LogP contribution in [0.2, 0.25) is 4.34 Å². The number of carboxylic acid groups (broad SMARTS) is 1. The Labute approximate surface area is 115 Å². The molecule has 2 heterocycles. The molecule has 0 aliphatic carbocycles. The Morgan fingerprint density at radius 3 is 2.94 bits per heavy atom. The molecule has 0 saturated carbocycles. The van der Waals surface area contributed by atoms with Gasteiger partial charge in [-0.15, -0.1) is 5.10 Å². The van der Waals surface area contributed by atoms with E-state index in [1.165, 1.54) is 0 Å². The molecule has 1 aromatic heterocycles. The number of carboxylic acids is 1. The molecule has 1 aliphatic heterocycles. The summed E-state index contributed by atoms with van der Waals surface area (Å²) >= 11 is 7.11. The Bertz CT molecular complexity index is 449. The third kappa shape index (κ3) is 2.65. The lowest BCUT2D eigenvalue weighted by Gasteiger charge is -2.43. The second-order valence-corrected chi connectivity index (χ2v) is 6.65. The molecular weight excluding hydrogens is 274 g/mol. The second-order valence-electron chi connectivity index (χ2n) is 5.30. The van der Waals surface area contributed by atoms with E-state index in [4.69, 9.17) is 11.6 Å². The highest BCUT2D eigenvalue weighted by Crippen LogP contribution is 2.36. The molecule has 0 radical (unpaired) electrons. The van der Waals surface area contributed by atoms with Crippen LogP contribution in [0.5, 0.6) is 0 Å². The van der Waals surface area contributed by atoms with Gasteiger partial charge in [0.15, 0.2) is 0 Å². The first-order valence-electron chi connectivity index (χ1n) is 5.85. The van der Waals surface area contributed by atoms with Crippen molar-refractivity contribution in [3.05, 3.63) is 10.0 Å². The third-order valence-corrected chi connectivity index (χ3v) is 4.45. The number of rotatable bonds is 3. The van der Waals surface area contributed by atoms with Crippen LogP contribution in [-0.2, 0) is 11.3 Å². The maximum absolute atomic E-state index is 11.5. The molecule has 1 aromatic rings. The van der Waals surface area contributed by atoms with Crippen molar-refractivity contribution in [3.63, 3.8) is 0 Å². The molecule has 1 aliphatic rings. The van der Waals surface area contributed by atoms with E-state index in [-0.39, 0.29) is 5.41 Å². The lowest BCUT2D eigenvalue weighted by Crippen LogP contribution is -2.53. The molecule has 0 bridgehead atoms. The largest absolute Gasteiger partial charge is 0.480 e. The van der Waals surface area contributed by atoms with Crippen LogP contribution in [0.15, 0.2) is 0 Å². The van der Waals surface area contributed by atoms with E-state index < -0.39 is 12.0 Å². The van der Waals surface area contributed by atoms with Crippen molar-refractivity contribution in [1.82, 2.24) is 14.5 Å². The molecule has 5 nitrogen and oxygen atoms in total. The average molecular weight is 290 g/mol. The smallest absolute Gasteiger partial charge is 0.321 e. The van der Waals surface area contributed by atoms with Gasteiger partial charge in [-0.05, 0) is 24.8 Å². The average Bonchev–Trinajstić information content (AvgIpc) is 2.62. The van der Waals surface area contributed by atoms with E-state index in [9.17, 15) is 9.90 Å². The molecule has 1 atom stereocenters. The van der Waals surface area contributed by atoms with Crippen molar-refractivity contribution >= 4 is 29.1 Å². The second kappa shape index (κ2) is 5.11. The number of aromatic nitrogens is 2. The zero-order chi connectivity index (χ0) is 13.3. The van der Waals surface area contributed by atoms with Gasteiger partial charge in [-0.2, -0.15) is 0 Å². The Hall–Kier alpha value is -0.720. The van der Waals surface area contributed by atoms with Gasteiger partial charge in [0.25, 0.3) is 0 Å². The van der Waals surface area contributed by atoms with Crippen molar-refractivity contribution in [3.8, 4) is 0 Å². The maximum atomic E-state index is 11.5. The molecule has 1 unspecified atom stereocenters. The zero-order valence-electron chi connectivity index (χ0n) is 10.4. The van der Waals surface area contributed by atoms with Gasteiger partial charge in [0.05, 0.1) is 0 Å². The van der Waals surface area contributed by atoms with E-state index in [2.05, 4.69) is 9.59 Å². The van der Waals surface area contributed by atoms with Crippen LogP contribution in [0, 0.1) is 5.41 Å². The molecule has 0 spiro atoms. The summed E-state index contributed by atoms with van der Waals surface area (Å²) in [5.41, 5.74) is 0.436. The van der Waals surface area contributed by atoms with Gasteiger partial charge < -0.3 is 5.11 Å². The summed E-state index contributed by atoms with van der Waals surface area (Å²) in [6, 6.07) is -0.496. The number of carbonyl (C=O) groups is 1. The van der Waals surface area contributed by atoms with Gasteiger partial charge in [-0.3, -0.25) is 9.69 Å². The van der Waals surface area contributed by atoms with Gasteiger partial charge in [0.1, 0.15) is 16.1 Å². The fourth-order valence-electron chi connectivity index (χ4n) is 2.64. The van der Waals surface area contributed by atoms with Crippen molar-refractivity contribution < 1.29 is 9.90 Å². The quantitative estimate of drug-likeness (QED) is 0.924. The highest BCUT2D eigenvalue weighted by Gasteiger charge is 2.42. The Morgan fingerprint density at radius 1 is 1.67 bits per heavy atom. The monoisotopic (exact) mass is 289 g/mol. The number of aliphatic carboxylic acids is 1. The summed E-state index contributed by atoms with van der Waals surface area (Å²) in [5.74, 6) is -0.779. The van der Waals surface area contributed by atoms with Crippen molar-refractivity contribution in [1.29, 1.82) is 0 Å². The highest BCUT2D eigenvalue weighted by atomic mass is 35.5. The minimum Gasteiger partial charge on any atom is -0.480 e. The summed E-state index contributed by atoms with van der Waals surface area (Å²) in [6.07, 6.45) is 1.91. The van der Waals surface area contributed by atoms with Crippen molar-refractivity contribution in [2.45, 2.75) is 39.3 Å². The Balaban J connectivity index is 2.20. The lowest BCUT2D eigenvalue weighted by atomic mass is 9.76. The molecule has 0 amide bonds. The zero-order valence-corrected chi connectivity index (χ0v) is 12.0. The number of likely N-dealkylation sites (tertiary alicyclic amines) is 1. The lowest BCUT2D eigenvalue weighted by molar-refractivity contribution is -0.151. The highest BCUT2D eigenvalue weighted by molar-refractivity contribution is 7.10. The normalized spacial score (nSPS) is 24.1. The van der Waals surface area contributed by atoms with E-state index in [0.717, 1.165) is 30.9 Å². The predicted octanol–water partition coefficient (Wildman–Crippen LogP) is 2.27. The van der Waals surface area contributed by atoms with Gasteiger partial charge in [0, 0.05) is 18.1 Å². The number of hydrogen-bond acceptors (Lipinski definition) is 5. The Kier molecular flexibility index (Phi) is 3.89. The van der Waals surface area contributed by atoms with Crippen LogP contribution < -0.4 is 0 Å². The molecule has 18 heavy (non-hydrogen) atoms. The summed E-state index contributed by atoms with van der Waals surface area (Å²) in [4.78, 5) is 13.4. The molecule has 7 heteroatoms. The van der Waals surface area contributed by atoms with Crippen LogP contribution in [0.3, 0.4) is 0 Å². The van der Waals surface area contributed by atoms with Crippen LogP contribution in [0.4, 0.5) is 0 Å². The predicted molar refractivity (Wildman–Crippen MR) is 69.8 cm³/mol. The van der Waals surface area contributed by atoms with Crippen molar-refractivity contribution in [2.24, 2.45) is 5.41 Å². The minimum absolute atomic E-state index is 0.236. The molecule has 1 N–H and O–H groups in total. The Morgan fingerprint density at radius 2 is 2.39 bits per heavy atom. The molecule has 0 aromatic carbocycles. The van der Waals surface area contributed by atoms with Gasteiger partial charge in [-0.25, -0.2) is 0 Å². The van der Waals surface area contributed by atoms with Gasteiger partial charge in [0.2, 0.25) is 0 Å². The van der Waals surface area contributed by atoms with Gasteiger partial charge >= 0.3 is 5.97 Å². The van der Waals surface area contributed by atoms with Crippen molar-refractivity contribution in [2.75, 3.05) is 6.54 Å². The van der Waals surface area contributed by atoms with E-state index >= 15 is 0 Å². The van der Waals surface area contributed by atoms with Crippen LogP contribution in [-0.4, -0.2) is 38.1 Å². The first-order valence-corrected chi connectivity index (χ1v) is 7.00. The summed E-state index contributed by atoms with van der Waals surface area (Å²) in [6.45, 7) is 5.21. The number of hydrogen-bond donors (Lipinski definition) is 1. The fraction of sp³-hybridized carbons (Fsp3) is 0.727. The van der Waals surface area contributed by atoms with E-state index in [0.29, 0.717) is 16.6 Å². The first kappa shape index (κ1) is 13.7. The number of piperidine rings is 1. The molecule has 100 valence electrons. The molecule has 1 fully saturated rings.